The van der Waals surface area contributed by atoms with E-state index in [1.165, 1.54) is 12.8 Å². The molecule has 0 aliphatic carbocycles. The van der Waals surface area contributed by atoms with E-state index in [9.17, 15) is 0 Å². The van der Waals surface area contributed by atoms with E-state index in [4.69, 9.17) is 14.0 Å². The van der Waals surface area contributed by atoms with Crippen molar-refractivity contribution in [3.05, 3.63) is 23.9 Å². The van der Waals surface area contributed by atoms with Crippen LogP contribution in [0.3, 0.4) is 0 Å². The molecule has 1 unspecified atom stereocenters. The van der Waals surface area contributed by atoms with Crippen LogP contribution in [0.15, 0.2) is 18.3 Å². The van der Waals surface area contributed by atoms with Crippen molar-refractivity contribution in [1.82, 2.24) is 4.98 Å². The highest BCUT2D eigenvalue weighted by Crippen LogP contribution is 2.27. The van der Waals surface area contributed by atoms with Crippen molar-refractivity contribution in [2.45, 2.75) is 39.2 Å². The van der Waals surface area contributed by atoms with Gasteiger partial charge in [-0.2, -0.15) is 0 Å². The highest BCUT2D eigenvalue weighted by molar-refractivity contribution is 6.60. The van der Waals surface area contributed by atoms with Gasteiger partial charge in [-0.1, -0.05) is 19.9 Å². The Balaban J connectivity index is 1.64. The van der Waals surface area contributed by atoms with Gasteiger partial charge < -0.3 is 14.0 Å². The number of hydrogen-bond acceptors (Lipinski definition) is 4. The van der Waals surface area contributed by atoms with Gasteiger partial charge in [0.25, 0.3) is 0 Å². The molecule has 0 radical (unpaired) electrons. The molecule has 2 fully saturated rings. The van der Waals surface area contributed by atoms with Crippen LogP contribution >= 0.6 is 0 Å². The summed E-state index contributed by atoms with van der Waals surface area (Å²) in [7, 11) is -0.329. The maximum Gasteiger partial charge on any atom is 0.513 e. The zero-order chi connectivity index (χ0) is 14.0. The third-order valence-corrected chi connectivity index (χ3v) is 3.85. The predicted octanol–water partition coefficient (Wildman–Crippen LogP) is 2.09. The third kappa shape index (κ3) is 3.22. The summed E-state index contributed by atoms with van der Waals surface area (Å²) in [6, 6.07) is 4.08. The molecule has 1 aromatic heterocycles. The Morgan fingerprint density at radius 3 is 2.60 bits per heavy atom. The second-order valence-corrected chi connectivity index (χ2v) is 6.49. The van der Waals surface area contributed by atoms with E-state index in [1.54, 1.807) is 0 Å². The van der Waals surface area contributed by atoms with E-state index in [0.717, 1.165) is 24.2 Å². The van der Waals surface area contributed by atoms with Gasteiger partial charge in [0, 0.05) is 31.4 Å². The molecule has 1 aromatic rings. The molecule has 3 heterocycles. The lowest BCUT2D eigenvalue weighted by Crippen LogP contribution is -2.48. The second kappa shape index (κ2) is 5.84. The largest absolute Gasteiger partial charge is 0.513 e. The molecule has 0 bridgehead atoms. The summed E-state index contributed by atoms with van der Waals surface area (Å²) < 4.78 is 17.3. The van der Waals surface area contributed by atoms with E-state index < -0.39 is 0 Å². The third-order valence-electron chi connectivity index (χ3n) is 3.85. The molecule has 0 aromatic carbocycles. The van der Waals surface area contributed by atoms with Crippen LogP contribution in [0.5, 0.6) is 0 Å². The Morgan fingerprint density at radius 1 is 1.20 bits per heavy atom. The molecule has 0 saturated carbocycles. The van der Waals surface area contributed by atoms with E-state index in [2.05, 4.69) is 24.9 Å². The average molecular weight is 275 g/mol. The number of aromatic nitrogens is 1. The van der Waals surface area contributed by atoms with Crippen molar-refractivity contribution in [2.75, 3.05) is 19.8 Å². The predicted molar refractivity (Wildman–Crippen MR) is 77.9 cm³/mol. The molecule has 2 aliphatic rings. The first-order chi connectivity index (χ1) is 9.64. The number of pyridine rings is 1. The quantitative estimate of drug-likeness (QED) is 0.775. The van der Waals surface area contributed by atoms with Crippen molar-refractivity contribution in [2.24, 2.45) is 5.41 Å². The molecule has 20 heavy (non-hydrogen) atoms. The summed E-state index contributed by atoms with van der Waals surface area (Å²) in [5.41, 5.74) is 2.09. The van der Waals surface area contributed by atoms with Gasteiger partial charge in [-0.15, -0.1) is 0 Å². The minimum absolute atomic E-state index is 0.0897. The Kier molecular flexibility index (Phi) is 4.10. The van der Waals surface area contributed by atoms with E-state index in [-0.39, 0.29) is 18.6 Å². The van der Waals surface area contributed by atoms with Crippen molar-refractivity contribution < 1.29 is 14.0 Å². The molecule has 2 aliphatic heterocycles. The molecule has 1 atom stereocenters. The molecule has 4 nitrogen and oxygen atoms in total. The van der Waals surface area contributed by atoms with Crippen LogP contribution in [-0.4, -0.2) is 31.9 Å². The summed E-state index contributed by atoms with van der Waals surface area (Å²) in [5.74, 6) is 0. The van der Waals surface area contributed by atoms with Crippen LogP contribution in [0.2, 0.25) is 0 Å². The topological polar surface area (TPSA) is 40.6 Å². The van der Waals surface area contributed by atoms with Crippen molar-refractivity contribution in [1.29, 1.82) is 0 Å². The van der Waals surface area contributed by atoms with E-state index in [0.29, 0.717) is 13.2 Å². The van der Waals surface area contributed by atoms with Crippen LogP contribution in [-0.2, 0) is 14.0 Å². The SMILES string of the molecule is CC1(C)COB(c2ccc(C3CCCCO3)cn2)OC1. The molecule has 108 valence electrons. The van der Waals surface area contributed by atoms with Crippen LogP contribution in [0, 0.1) is 5.41 Å². The van der Waals surface area contributed by atoms with E-state index >= 15 is 0 Å². The normalized spacial score (nSPS) is 26.5. The lowest BCUT2D eigenvalue weighted by molar-refractivity contribution is 0.0147. The average Bonchev–Trinajstić information content (AvgIpc) is 2.48. The van der Waals surface area contributed by atoms with Gasteiger partial charge in [0.05, 0.1) is 11.7 Å². The fourth-order valence-corrected chi connectivity index (χ4v) is 2.61. The molecule has 5 heteroatoms. The first-order valence-electron chi connectivity index (χ1n) is 7.45. The van der Waals surface area contributed by atoms with Crippen molar-refractivity contribution >= 4 is 12.7 Å². The minimum atomic E-state index is -0.329. The first-order valence-corrected chi connectivity index (χ1v) is 7.45. The van der Waals surface area contributed by atoms with Crippen LogP contribution in [0.4, 0.5) is 0 Å². The van der Waals surface area contributed by atoms with Crippen molar-refractivity contribution in [3.63, 3.8) is 0 Å². The van der Waals surface area contributed by atoms with Crippen molar-refractivity contribution in [3.8, 4) is 0 Å². The molecular formula is C15H22BNO3. The number of ether oxygens (including phenoxy) is 1. The fraction of sp³-hybridized carbons (Fsp3) is 0.667. The summed E-state index contributed by atoms with van der Waals surface area (Å²) in [4.78, 5) is 4.50. The standard InChI is InChI=1S/C15H22BNO3/c1-15(2)10-19-16(20-11-15)14-7-6-12(9-17-14)13-5-3-4-8-18-13/h6-7,9,13H,3-5,8,10-11H2,1-2H3. The maximum absolute atomic E-state index is 5.77. The van der Waals surface area contributed by atoms with Crippen LogP contribution in [0.25, 0.3) is 0 Å². The molecule has 2 saturated heterocycles. The second-order valence-electron chi connectivity index (χ2n) is 6.49. The van der Waals surface area contributed by atoms with E-state index in [1.807, 2.05) is 12.3 Å². The smallest absolute Gasteiger partial charge is 0.406 e. The summed E-state index contributed by atoms with van der Waals surface area (Å²) >= 11 is 0. The highest BCUT2D eigenvalue weighted by atomic mass is 16.6. The van der Waals surface area contributed by atoms with Gasteiger partial charge in [-0.3, -0.25) is 4.98 Å². The number of nitrogens with zero attached hydrogens (tertiary/aromatic N) is 1. The zero-order valence-electron chi connectivity index (χ0n) is 12.3. The van der Waals surface area contributed by atoms with Gasteiger partial charge in [0.15, 0.2) is 0 Å². The fourth-order valence-electron chi connectivity index (χ4n) is 2.61. The Bertz CT molecular complexity index is 433. The number of hydrogen-bond donors (Lipinski definition) is 0. The summed E-state index contributed by atoms with van der Waals surface area (Å²) in [6.07, 6.45) is 5.60. The lowest BCUT2D eigenvalue weighted by Gasteiger charge is -2.32. The minimum Gasteiger partial charge on any atom is -0.406 e. The number of rotatable bonds is 2. The monoisotopic (exact) mass is 275 g/mol. The maximum atomic E-state index is 5.77. The van der Waals surface area contributed by atoms with Crippen LogP contribution in [0.1, 0.15) is 44.8 Å². The Morgan fingerprint density at radius 2 is 2.00 bits per heavy atom. The van der Waals surface area contributed by atoms with Gasteiger partial charge in [0.2, 0.25) is 0 Å². The summed E-state index contributed by atoms with van der Waals surface area (Å²) in [6.45, 7) is 6.54. The van der Waals surface area contributed by atoms with Gasteiger partial charge in [-0.05, 0) is 30.9 Å². The zero-order valence-corrected chi connectivity index (χ0v) is 12.3. The Hall–Kier alpha value is -0.905. The van der Waals surface area contributed by atoms with Gasteiger partial charge in [0.1, 0.15) is 0 Å². The van der Waals surface area contributed by atoms with Gasteiger partial charge in [-0.25, -0.2) is 0 Å². The van der Waals surface area contributed by atoms with Gasteiger partial charge >= 0.3 is 7.12 Å². The molecule has 0 amide bonds. The molecule has 3 rings (SSSR count). The molecule has 0 N–H and O–H groups in total. The molecule has 0 spiro atoms. The van der Waals surface area contributed by atoms with Crippen LogP contribution < -0.4 is 5.59 Å². The first kappa shape index (κ1) is 14.0. The Labute approximate surface area is 121 Å². The summed E-state index contributed by atoms with van der Waals surface area (Å²) in [5, 5.41) is 0. The highest BCUT2D eigenvalue weighted by Gasteiger charge is 2.34. The lowest BCUT2D eigenvalue weighted by atomic mass is 9.79. The molecular weight excluding hydrogens is 253 g/mol.